The maximum atomic E-state index is 12.5. The topological polar surface area (TPSA) is 90.7 Å². The Morgan fingerprint density at radius 1 is 1.07 bits per heavy atom. The van der Waals surface area contributed by atoms with Crippen molar-refractivity contribution in [1.82, 2.24) is 15.3 Å². The molecule has 134 valence electrons. The van der Waals surface area contributed by atoms with E-state index in [2.05, 4.69) is 26.7 Å². The number of benzene rings is 2. The van der Waals surface area contributed by atoms with Crippen molar-refractivity contribution in [3.05, 3.63) is 82.8 Å². The molecule has 0 fully saturated rings. The maximum absolute atomic E-state index is 12.5. The van der Waals surface area contributed by atoms with E-state index in [4.69, 9.17) is 5.26 Å². The Balaban J connectivity index is 1.74. The van der Waals surface area contributed by atoms with Crippen molar-refractivity contribution in [2.75, 3.05) is 5.32 Å². The van der Waals surface area contributed by atoms with Crippen LogP contribution in [-0.4, -0.2) is 15.9 Å². The molecule has 3 rings (SSSR count). The molecule has 1 amide bonds. The first-order valence-corrected chi connectivity index (χ1v) is 8.50. The van der Waals surface area contributed by atoms with Crippen molar-refractivity contribution in [2.24, 2.45) is 0 Å². The standard InChI is InChI=1S/C21H19N5O/c1-14-5-3-7-17(9-14)13-23-21(27)19-11-20(25-15(2)24-19)26-18-8-4-6-16(10-18)12-22/h3-11H,13H2,1-2H3,(H,23,27)(H,24,25,26). The third-order valence-electron chi connectivity index (χ3n) is 3.87. The molecular weight excluding hydrogens is 338 g/mol. The van der Waals surface area contributed by atoms with Crippen LogP contribution >= 0.6 is 0 Å². The van der Waals surface area contributed by atoms with E-state index in [1.165, 1.54) is 0 Å². The average molecular weight is 357 g/mol. The number of nitriles is 1. The van der Waals surface area contributed by atoms with Crippen LogP contribution in [0.25, 0.3) is 0 Å². The highest BCUT2D eigenvalue weighted by molar-refractivity contribution is 5.93. The minimum absolute atomic E-state index is 0.268. The number of carbonyl (C=O) groups is 1. The number of rotatable bonds is 5. The van der Waals surface area contributed by atoms with Crippen LogP contribution in [0.3, 0.4) is 0 Å². The number of carbonyl (C=O) groups excluding carboxylic acids is 1. The van der Waals surface area contributed by atoms with Gasteiger partial charge < -0.3 is 10.6 Å². The molecule has 6 heteroatoms. The molecule has 0 aliphatic carbocycles. The Kier molecular flexibility index (Phi) is 5.43. The second-order valence-electron chi connectivity index (χ2n) is 6.17. The van der Waals surface area contributed by atoms with Gasteiger partial charge in [-0.2, -0.15) is 5.26 Å². The lowest BCUT2D eigenvalue weighted by Crippen LogP contribution is -2.24. The third kappa shape index (κ3) is 4.89. The van der Waals surface area contributed by atoms with Crippen LogP contribution in [0.5, 0.6) is 0 Å². The lowest BCUT2D eigenvalue weighted by molar-refractivity contribution is 0.0945. The van der Waals surface area contributed by atoms with E-state index in [-0.39, 0.29) is 11.6 Å². The summed E-state index contributed by atoms with van der Waals surface area (Å²) in [6.45, 7) is 4.17. The zero-order chi connectivity index (χ0) is 19.2. The first kappa shape index (κ1) is 18.1. The van der Waals surface area contributed by atoms with Crippen LogP contribution < -0.4 is 10.6 Å². The summed E-state index contributed by atoms with van der Waals surface area (Å²) in [5, 5.41) is 15.0. The lowest BCUT2D eigenvalue weighted by atomic mass is 10.1. The molecule has 0 aliphatic rings. The highest BCUT2D eigenvalue weighted by Crippen LogP contribution is 2.17. The van der Waals surface area contributed by atoms with E-state index in [1.807, 2.05) is 37.3 Å². The summed E-state index contributed by atoms with van der Waals surface area (Å²) in [7, 11) is 0. The molecule has 0 radical (unpaired) electrons. The summed E-state index contributed by atoms with van der Waals surface area (Å²) in [5.41, 5.74) is 3.72. The van der Waals surface area contributed by atoms with E-state index in [1.54, 1.807) is 31.2 Å². The second-order valence-corrected chi connectivity index (χ2v) is 6.17. The summed E-state index contributed by atoms with van der Waals surface area (Å²) in [5.74, 6) is 0.714. The van der Waals surface area contributed by atoms with Crippen molar-refractivity contribution in [3.8, 4) is 6.07 Å². The highest BCUT2D eigenvalue weighted by atomic mass is 16.1. The van der Waals surface area contributed by atoms with Gasteiger partial charge in [0.2, 0.25) is 0 Å². The number of amides is 1. The molecule has 2 N–H and O–H groups in total. The van der Waals surface area contributed by atoms with Crippen LogP contribution in [0.1, 0.15) is 33.0 Å². The number of aryl methyl sites for hydroxylation is 2. The van der Waals surface area contributed by atoms with Gasteiger partial charge in [-0.15, -0.1) is 0 Å². The smallest absolute Gasteiger partial charge is 0.270 e. The second kappa shape index (κ2) is 8.11. The van der Waals surface area contributed by atoms with Crippen molar-refractivity contribution in [2.45, 2.75) is 20.4 Å². The Morgan fingerprint density at radius 3 is 2.67 bits per heavy atom. The van der Waals surface area contributed by atoms with Gasteiger partial charge >= 0.3 is 0 Å². The summed E-state index contributed by atoms with van der Waals surface area (Å²) in [6, 6.07) is 18.7. The fourth-order valence-corrected chi connectivity index (χ4v) is 2.66. The summed E-state index contributed by atoms with van der Waals surface area (Å²) >= 11 is 0. The zero-order valence-electron chi connectivity index (χ0n) is 15.2. The first-order chi connectivity index (χ1) is 13.0. The zero-order valence-corrected chi connectivity index (χ0v) is 15.2. The quantitative estimate of drug-likeness (QED) is 0.727. The molecule has 6 nitrogen and oxygen atoms in total. The Morgan fingerprint density at radius 2 is 1.89 bits per heavy atom. The number of nitrogens with zero attached hydrogens (tertiary/aromatic N) is 3. The monoisotopic (exact) mass is 357 g/mol. The molecule has 2 aromatic carbocycles. The molecule has 0 unspecified atom stereocenters. The van der Waals surface area contributed by atoms with Crippen LogP contribution in [0.15, 0.2) is 54.6 Å². The number of hydrogen-bond acceptors (Lipinski definition) is 5. The van der Waals surface area contributed by atoms with Gasteiger partial charge in [-0.3, -0.25) is 4.79 Å². The molecule has 27 heavy (non-hydrogen) atoms. The third-order valence-corrected chi connectivity index (χ3v) is 3.87. The van der Waals surface area contributed by atoms with Gasteiger partial charge in [0.1, 0.15) is 17.3 Å². The Bertz CT molecular complexity index is 1020. The van der Waals surface area contributed by atoms with E-state index in [9.17, 15) is 4.79 Å². The van der Waals surface area contributed by atoms with Crippen LogP contribution in [0.4, 0.5) is 11.5 Å². The predicted molar refractivity (Wildman–Crippen MR) is 104 cm³/mol. The van der Waals surface area contributed by atoms with Gasteiger partial charge in [0.25, 0.3) is 5.91 Å². The van der Waals surface area contributed by atoms with E-state index in [0.717, 1.165) is 16.8 Å². The Labute approximate surface area is 157 Å². The normalized spacial score (nSPS) is 10.1. The Hall–Kier alpha value is -3.72. The highest BCUT2D eigenvalue weighted by Gasteiger charge is 2.11. The SMILES string of the molecule is Cc1cccc(CNC(=O)c2cc(Nc3cccc(C#N)c3)nc(C)n2)c1. The average Bonchev–Trinajstić information content (AvgIpc) is 2.66. The van der Waals surface area contributed by atoms with E-state index < -0.39 is 0 Å². The van der Waals surface area contributed by atoms with Crippen LogP contribution in [0, 0.1) is 25.2 Å². The van der Waals surface area contributed by atoms with E-state index in [0.29, 0.717) is 23.8 Å². The van der Waals surface area contributed by atoms with Crippen molar-refractivity contribution in [1.29, 1.82) is 5.26 Å². The molecule has 0 saturated carbocycles. The van der Waals surface area contributed by atoms with Crippen molar-refractivity contribution in [3.63, 3.8) is 0 Å². The molecule has 0 aliphatic heterocycles. The van der Waals surface area contributed by atoms with Gasteiger partial charge in [0.15, 0.2) is 0 Å². The fraction of sp³-hybridized carbons (Fsp3) is 0.143. The van der Waals surface area contributed by atoms with Crippen molar-refractivity contribution >= 4 is 17.4 Å². The molecule has 3 aromatic rings. The van der Waals surface area contributed by atoms with Gasteiger partial charge in [-0.25, -0.2) is 9.97 Å². The van der Waals surface area contributed by atoms with Gasteiger partial charge in [-0.05, 0) is 37.6 Å². The molecule has 1 aromatic heterocycles. The minimum Gasteiger partial charge on any atom is -0.347 e. The number of nitrogens with one attached hydrogen (secondary N) is 2. The number of aromatic nitrogens is 2. The molecular formula is C21H19N5O. The lowest BCUT2D eigenvalue weighted by Gasteiger charge is -2.10. The largest absolute Gasteiger partial charge is 0.347 e. The molecule has 0 spiro atoms. The van der Waals surface area contributed by atoms with Gasteiger partial charge in [-0.1, -0.05) is 35.9 Å². The minimum atomic E-state index is -0.268. The summed E-state index contributed by atoms with van der Waals surface area (Å²) in [6.07, 6.45) is 0. The van der Waals surface area contributed by atoms with E-state index >= 15 is 0 Å². The first-order valence-electron chi connectivity index (χ1n) is 8.50. The molecule has 0 saturated heterocycles. The molecule has 0 atom stereocenters. The predicted octanol–water partition coefficient (Wildman–Crippen LogP) is 3.64. The molecule has 0 bridgehead atoms. The molecule has 1 heterocycles. The van der Waals surface area contributed by atoms with Crippen LogP contribution in [-0.2, 0) is 6.54 Å². The number of hydrogen-bond donors (Lipinski definition) is 2. The van der Waals surface area contributed by atoms with Gasteiger partial charge in [0, 0.05) is 18.3 Å². The number of anilines is 2. The summed E-state index contributed by atoms with van der Waals surface area (Å²) < 4.78 is 0. The van der Waals surface area contributed by atoms with Crippen LogP contribution in [0.2, 0.25) is 0 Å². The van der Waals surface area contributed by atoms with Crippen molar-refractivity contribution < 1.29 is 4.79 Å². The fourth-order valence-electron chi connectivity index (χ4n) is 2.66. The summed E-state index contributed by atoms with van der Waals surface area (Å²) in [4.78, 5) is 21.0. The maximum Gasteiger partial charge on any atom is 0.270 e. The van der Waals surface area contributed by atoms with Gasteiger partial charge in [0.05, 0.1) is 11.6 Å².